The van der Waals surface area contributed by atoms with Gasteiger partial charge in [-0.25, -0.2) is 0 Å². The third-order valence-corrected chi connectivity index (χ3v) is 3.31. The first-order valence-electron chi connectivity index (χ1n) is 7.32. The number of carbonyl (C=O) groups excluding carboxylic acids is 1. The van der Waals surface area contributed by atoms with Crippen LogP contribution in [-0.4, -0.2) is 82.9 Å². The maximum Gasteiger partial charge on any atom is 0.313 e. The molecular formula is C15H32O8. The second-order valence-corrected chi connectivity index (χ2v) is 7.07. The molecule has 0 heterocycles. The smallest absolute Gasteiger partial charge is 0.313 e. The molecule has 0 aliphatic rings. The van der Waals surface area contributed by atoms with Crippen LogP contribution in [0.5, 0.6) is 0 Å². The van der Waals surface area contributed by atoms with Crippen molar-refractivity contribution in [1.29, 1.82) is 0 Å². The summed E-state index contributed by atoms with van der Waals surface area (Å²) in [5.74, 6) is -0.443. The van der Waals surface area contributed by atoms with E-state index in [9.17, 15) is 4.79 Å². The Bertz CT molecular complexity index is 306. The van der Waals surface area contributed by atoms with E-state index in [2.05, 4.69) is 0 Å². The minimum Gasteiger partial charge on any atom is -0.465 e. The van der Waals surface area contributed by atoms with Gasteiger partial charge in [0.05, 0.1) is 57.1 Å². The van der Waals surface area contributed by atoms with Crippen LogP contribution in [0, 0.1) is 16.2 Å². The van der Waals surface area contributed by atoms with Crippen molar-refractivity contribution in [2.24, 2.45) is 16.2 Å². The number of hydrogen-bond donors (Lipinski definition) is 6. The molecule has 0 amide bonds. The van der Waals surface area contributed by atoms with Crippen LogP contribution in [0.1, 0.15) is 27.7 Å². The fourth-order valence-corrected chi connectivity index (χ4v) is 0.866. The van der Waals surface area contributed by atoms with Crippen molar-refractivity contribution >= 4 is 5.97 Å². The second kappa shape index (κ2) is 10.9. The van der Waals surface area contributed by atoms with E-state index in [0.29, 0.717) is 0 Å². The zero-order valence-electron chi connectivity index (χ0n) is 14.4. The average Bonchev–Trinajstić information content (AvgIpc) is 2.56. The van der Waals surface area contributed by atoms with Crippen molar-refractivity contribution in [3.63, 3.8) is 0 Å². The number of aliphatic hydroxyl groups is 6. The molecule has 0 aromatic carbocycles. The highest BCUT2D eigenvalue weighted by Crippen LogP contribution is 2.19. The standard InChI is InChI=1S/C10H20O4.C5H12O4/c1-9(2,5-11)7-14-8(13)10(3,4)6-12;6-1-5(2-7,3-8)4-9/h11-12H,5-7H2,1-4H3;6-9H,1-4H2. The first-order chi connectivity index (χ1) is 10.5. The minimum atomic E-state index is -1.11. The van der Waals surface area contributed by atoms with E-state index in [-0.39, 0.29) is 19.8 Å². The molecule has 0 aliphatic carbocycles. The molecule has 0 radical (unpaired) electrons. The summed E-state index contributed by atoms with van der Waals surface area (Å²) in [4.78, 5) is 11.4. The van der Waals surface area contributed by atoms with E-state index in [1.165, 1.54) is 0 Å². The number of hydrogen-bond acceptors (Lipinski definition) is 8. The highest BCUT2D eigenvalue weighted by atomic mass is 16.5. The Hall–Kier alpha value is -0.770. The monoisotopic (exact) mass is 340 g/mol. The van der Waals surface area contributed by atoms with Gasteiger partial charge in [0.1, 0.15) is 0 Å². The topological polar surface area (TPSA) is 148 Å². The van der Waals surface area contributed by atoms with Gasteiger partial charge < -0.3 is 35.4 Å². The van der Waals surface area contributed by atoms with Crippen LogP contribution in [0.25, 0.3) is 0 Å². The van der Waals surface area contributed by atoms with Crippen LogP contribution in [-0.2, 0) is 9.53 Å². The molecule has 0 spiro atoms. The van der Waals surface area contributed by atoms with Gasteiger partial charge in [0, 0.05) is 5.41 Å². The summed E-state index contributed by atoms with van der Waals surface area (Å²) < 4.78 is 4.99. The lowest BCUT2D eigenvalue weighted by Crippen LogP contribution is -2.37. The lowest BCUT2D eigenvalue weighted by molar-refractivity contribution is -0.159. The Kier molecular flexibility index (Phi) is 11.6. The molecule has 8 nitrogen and oxygen atoms in total. The van der Waals surface area contributed by atoms with Crippen molar-refractivity contribution in [2.45, 2.75) is 27.7 Å². The highest BCUT2D eigenvalue weighted by molar-refractivity contribution is 5.76. The molecule has 0 bridgehead atoms. The molecule has 6 N–H and O–H groups in total. The minimum absolute atomic E-state index is 0.0418. The van der Waals surface area contributed by atoms with Crippen LogP contribution in [0.15, 0.2) is 0 Å². The summed E-state index contributed by atoms with van der Waals surface area (Å²) >= 11 is 0. The number of aliphatic hydroxyl groups excluding tert-OH is 6. The third-order valence-electron chi connectivity index (χ3n) is 3.31. The summed E-state index contributed by atoms with van der Waals surface area (Å²) in [5, 5.41) is 51.8. The first-order valence-corrected chi connectivity index (χ1v) is 7.32. The molecular weight excluding hydrogens is 308 g/mol. The number of esters is 1. The molecule has 0 aromatic rings. The Labute approximate surface area is 137 Å². The Morgan fingerprint density at radius 3 is 1.35 bits per heavy atom. The van der Waals surface area contributed by atoms with Gasteiger partial charge >= 0.3 is 5.97 Å². The van der Waals surface area contributed by atoms with Gasteiger partial charge in [-0.2, -0.15) is 0 Å². The largest absolute Gasteiger partial charge is 0.465 e. The lowest BCUT2D eigenvalue weighted by Gasteiger charge is -2.25. The van der Waals surface area contributed by atoms with Gasteiger partial charge in [-0.3, -0.25) is 4.79 Å². The van der Waals surface area contributed by atoms with Crippen molar-refractivity contribution in [1.82, 2.24) is 0 Å². The van der Waals surface area contributed by atoms with Crippen LogP contribution in [0.4, 0.5) is 0 Å². The van der Waals surface area contributed by atoms with E-state index in [0.717, 1.165) is 0 Å². The van der Waals surface area contributed by atoms with Crippen LogP contribution in [0.3, 0.4) is 0 Å². The van der Waals surface area contributed by atoms with E-state index < -0.39 is 48.6 Å². The van der Waals surface area contributed by atoms with Crippen molar-refractivity contribution in [3.05, 3.63) is 0 Å². The molecule has 0 aliphatic heterocycles. The predicted molar refractivity (Wildman–Crippen MR) is 83.5 cm³/mol. The highest BCUT2D eigenvalue weighted by Gasteiger charge is 2.30. The van der Waals surface area contributed by atoms with Crippen LogP contribution in [0.2, 0.25) is 0 Å². The Morgan fingerprint density at radius 2 is 1.13 bits per heavy atom. The maximum atomic E-state index is 11.4. The molecule has 0 atom stereocenters. The van der Waals surface area contributed by atoms with Crippen LogP contribution < -0.4 is 0 Å². The molecule has 0 fully saturated rings. The Balaban J connectivity index is 0. The van der Waals surface area contributed by atoms with Gasteiger partial charge in [-0.15, -0.1) is 0 Å². The number of carbonyl (C=O) groups is 1. The summed E-state index contributed by atoms with van der Waals surface area (Å²) in [6, 6.07) is 0. The summed E-state index contributed by atoms with van der Waals surface area (Å²) in [6.45, 7) is 5.07. The van der Waals surface area contributed by atoms with E-state index in [1.54, 1.807) is 27.7 Å². The Morgan fingerprint density at radius 1 is 0.739 bits per heavy atom. The van der Waals surface area contributed by atoms with Gasteiger partial charge in [0.25, 0.3) is 0 Å². The molecule has 23 heavy (non-hydrogen) atoms. The zero-order chi connectivity index (χ0) is 18.7. The van der Waals surface area contributed by atoms with E-state index in [1.807, 2.05) is 0 Å². The fraction of sp³-hybridized carbons (Fsp3) is 0.933. The van der Waals surface area contributed by atoms with Crippen LogP contribution >= 0.6 is 0 Å². The van der Waals surface area contributed by atoms with Gasteiger partial charge in [0.15, 0.2) is 0 Å². The third kappa shape index (κ3) is 9.19. The fourth-order valence-electron chi connectivity index (χ4n) is 0.866. The lowest BCUT2D eigenvalue weighted by atomic mass is 9.93. The molecule has 0 unspecified atom stereocenters. The summed E-state index contributed by atoms with van der Waals surface area (Å²) in [6.07, 6.45) is 0. The first kappa shape index (κ1) is 24.5. The van der Waals surface area contributed by atoms with Gasteiger partial charge in [0.2, 0.25) is 0 Å². The maximum absolute atomic E-state index is 11.4. The average molecular weight is 340 g/mol. The summed E-state index contributed by atoms with van der Waals surface area (Å²) in [5.41, 5.74) is -2.41. The molecule has 0 rings (SSSR count). The van der Waals surface area contributed by atoms with Crippen molar-refractivity contribution in [3.8, 4) is 0 Å². The van der Waals surface area contributed by atoms with Crippen molar-refractivity contribution < 1.29 is 40.2 Å². The quantitative estimate of drug-likeness (QED) is 0.278. The normalized spacial score (nSPS) is 12.4. The van der Waals surface area contributed by atoms with E-state index in [4.69, 9.17) is 35.4 Å². The number of rotatable bonds is 9. The van der Waals surface area contributed by atoms with Gasteiger partial charge in [-0.05, 0) is 13.8 Å². The van der Waals surface area contributed by atoms with Gasteiger partial charge in [-0.1, -0.05) is 13.8 Å². The second-order valence-electron chi connectivity index (χ2n) is 7.07. The SMILES string of the molecule is CC(C)(CO)COC(=O)C(C)(C)CO.OCC(CO)(CO)CO. The molecule has 0 aromatic heterocycles. The molecule has 0 saturated heterocycles. The van der Waals surface area contributed by atoms with Crippen molar-refractivity contribution in [2.75, 3.05) is 46.2 Å². The molecule has 0 saturated carbocycles. The zero-order valence-corrected chi connectivity index (χ0v) is 14.4. The van der Waals surface area contributed by atoms with E-state index >= 15 is 0 Å². The molecule has 140 valence electrons. The summed E-state index contributed by atoms with van der Waals surface area (Å²) in [7, 11) is 0. The molecule has 8 heteroatoms. The predicted octanol–water partition coefficient (Wildman–Crippen LogP) is -1.49. The number of ether oxygens (including phenoxy) is 1.